The Labute approximate surface area is 172 Å². The van der Waals surface area contributed by atoms with Crippen molar-refractivity contribution in [1.82, 2.24) is 20.0 Å². The topological polar surface area (TPSA) is 76.5 Å². The number of carbonyl (C=O) groups excluding carboxylic acids is 1. The van der Waals surface area contributed by atoms with Crippen molar-refractivity contribution in [1.29, 1.82) is 0 Å². The molecule has 1 N–H and O–H groups in total. The monoisotopic (exact) mass is 400 g/mol. The molecule has 158 valence electrons. The van der Waals surface area contributed by atoms with Gasteiger partial charge in [-0.15, -0.1) is 0 Å². The maximum absolute atomic E-state index is 12.1. The highest BCUT2D eigenvalue weighted by atomic mass is 16.5. The molecule has 0 unspecified atom stereocenters. The molecule has 7 nitrogen and oxygen atoms in total. The van der Waals surface area contributed by atoms with Crippen LogP contribution in [-0.2, 0) is 11.3 Å². The lowest BCUT2D eigenvalue weighted by Crippen LogP contribution is -2.34. The number of carbonyl (C=O) groups is 1. The van der Waals surface area contributed by atoms with Crippen molar-refractivity contribution >= 4 is 5.91 Å². The average molecular weight is 401 g/mol. The molecule has 0 aliphatic heterocycles. The number of amides is 1. The van der Waals surface area contributed by atoms with Crippen molar-refractivity contribution < 1.29 is 9.53 Å². The number of nitrogens with zero attached hydrogens (tertiary/aromatic N) is 3. The summed E-state index contributed by atoms with van der Waals surface area (Å²) in [5.41, 5.74) is 1.47. The minimum atomic E-state index is -0.165. The maximum Gasteiger partial charge on any atom is 0.266 e. The lowest BCUT2D eigenvalue weighted by Gasteiger charge is -2.17. The number of hydrogen-bond donors (Lipinski definition) is 1. The number of aryl methyl sites for hydroxylation is 1. The molecular weight excluding hydrogens is 368 g/mol. The van der Waals surface area contributed by atoms with Gasteiger partial charge in [-0.2, -0.15) is 5.10 Å². The molecule has 1 aromatic carbocycles. The van der Waals surface area contributed by atoms with Crippen LogP contribution in [-0.4, -0.2) is 53.4 Å². The van der Waals surface area contributed by atoms with Crippen LogP contribution < -0.4 is 15.6 Å². The largest absolute Gasteiger partial charge is 0.494 e. The number of benzene rings is 1. The predicted octanol–water partition coefficient (Wildman–Crippen LogP) is 2.55. The molecule has 29 heavy (non-hydrogen) atoms. The zero-order valence-electron chi connectivity index (χ0n) is 17.7. The first-order chi connectivity index (χ1) is 14.1. The van der Waals surface area contributed by atoms with E-state index < -0.39 is 0 Å². The lowest BCUT2D eigenvalue weighted by molar-refractivity contribution is -0.121. The fraction of sp³-hybridized carbons (Fsp3) is 0.500. The highest BCUT2D eigenvalue weighted by Crippen LogP contribution is 2.19. The summed E-state index contributed by atoms with van der Waals surface area (Å²) in [7, 11) is 0. The Morgan fingerprint density at radius 3 is 2.48 bits per heavy atom. The zero-order valence-corrected chi connectivity index (χ0v) is 17.7. The molecule has 0 saturated carbocycles. The van der Waals surface area contributed by atoms with E-state index in [-0.39, 0.29) is 11.5 Å². The van der Waals surface area contributed by atoms with E-state index in [1.54, 1.807) is 6.07 Å². The number of rotatable bonds is 12. The van der Waals surface area contributed by atoms with Crippen LogP contribution in [0.1, 0.15) is 33.6 Å². The Hall–Kier alpha value is -2.67. The van der Waals surface area contributed by atoms with Crippen LogP contribution in [0.4, 0.5) is 0 Å². The van der Waals surface area contributed by atoms with Crippen LogP contribution in [0, 0.1) is 0 Å². The molecule has 0 aliphatic rings. The first-order valence-electron chi connectivity index (χ1n) is 10.4. The molecule has 0 aliphatic carbocycles. The molecule has 0 bridgehead atoms. The predicted molar refractivity (Wildman–Crippen MR) is 115 cm³/mol. The third-order valence-corrected chi connectivity index (χ3v) is 4.75. The van der Waals surface area contributed by atoms with Gasteiger partial charge in [0.1, 0.15) is 5.75 Å². The van der Waals surface area contributed by atoms with Crippen LogP contribution in [0.25, 0.3) is 11.3 Å². The van der Waals surface area contributed by atoms with E-state index in [9.17, 15) is 9.59 Å². The van der Waals surface area contributed by atoms with Crippen LogP contribution in [0.15, 0.2) is 41.2 Å². The molecule has 1 heterocycles. The number of hydrogen-bond acceptors (Lipinski definition) is 5. The first kappa shape index (κ1) is 22.6. The Balaban J connectivity index is 1.87. The van der Waals surface area contributed by atoms with Gasteiger partial charge in [0.15, 0.2) is 0 Å². The first-order valence-corrected chi connectivity index (χ1v) is 10.4. The molecule has 0 saturated heterocycles. The molecule has 2 aromatic rings. The van der Waals surface area contributed by atoms with Gasteiger partial charge in [-0.25, -0.2) is 4.68 Å². The van der Waals surface area contributed by atoms with Crippen molar-refractivity contribution in [3.63, 3.8) is 0 Å². The van der Waals surface area contributed by atoms with Crippen molar-refractivity contribution in [3.8, 4) is 17.0 Å². The Morgan fingerprint density at radius 1 is 1.10 bits per heavy atom. The SMILES string of the molecule is CCOc1ccc(-c2ccc(=O)n(CCCC(=O)NCCN(CC)CC)n2)cc1. The van der Waals surface area contributed by atoms with Crippen LogP contribution in [0.2, 0.25) is 0 Å². The van der Waals surface area contributed by atoms with Crippen LogP contribution in [0.5, 0.6) is 5.75 Å². The third kappa shape index (κ3) is 7.34. The Morgan fingerprint density at radius 2 is 1.83 bits per heavy atom. The van der Waals surface area contributed by atoms with E-state index in [1.165, 1.54) is 10.7 Å². The third-order valence-electron chi connectivity index (χ3n) is 4.75. The molecule has 1 amide bonds. The summed E-state index contributed by atoms with van der Waals surface area (Å²) in [6, 6.07) is 10.9. The normalized spacial score (nSPS) is 10.9. The van der Waals surface area contributed by atoms with Crippen LogP contribution >= 0.6 is 0 Å². The molecule has 1 aromatic heterocycles. The summed E-state index contributed by atoms with van der Waals surface area (Å²) in [5, 5.41) is 7.38. The van der Waals surface area contributed by atoms with Crippen molar-refractivity contribution in [2.75, 3.05) is 32.8 Å². The lowest BCUT2D eigenvalue weighted by atomic mass is 10.1. The van der Waals surface area contributed by atoms with Crippen molar-refractivity contribution in [2.24, 2.45) is 0 Å². The summed E-state index contributed by atoms with van der Waals surface area (Å²) >= 11 is 0. The fourth-order valence-electron chi connectivity index (χ4n) is 3.02. The second-order valence-electron chi connectivity index (χ2n) is 6.72. The molecule has 0 fully saturated rings. The van der Waals surface area contributed by atoms with Gasteiger partial charge in [0.25, 0.3) is 5.56 Å². The number of nitrogens with one attached hydrogen (secondary N) is 1. The molecule has 7 heteroatoms. The van der Waals surface area contributed by atoms with E-state index in [1.807, 2.05) is 31.2 Å². The van der Waals surface area contributed by atoms with Crippen molar-refractivity contribution in [3.05, 3.63) is 46.8 Å². The summed E-state index contributed by atoms with van der Waals surface area (Å²) in [5.74, 6) is 0.810. The smallest absolute Gasteiger partial charge is 0.266 e. The van der Waals surface area contributed by atoms with Gasteiger partial charge in [0.05, 0.1) is 12.3 Å². The van der Waals surface area contributed by atoms with Gasteiger partial charge in [-0.3, -0.25) is 9.59 Å². The molecule has 0 spiro atoms. The standard InChI is InChI=1S/C22H32N4O3/c1-4-25(5-2)17-15-23-21(27)8-7-16-26-22(28)14-13-20(24-26)18-9-11-19(12-10-18)29-6-3/h9-14H,4-8,15-17H2,1-3H3,(H,23,27). The molecule has 2 rings (SSSR count). The van der Waals surface area contributed by atoms with E-state index in [4.69, 9.17) is 4.74 Å². The Kier molecular flexibility index (Phi) is 9.37. The van der Waals surface area contributed by atoms with Gasteiger partial charge >= 0.3 is 0 Å². The van der Waals surface area contributed by atoms with E-state index >= 15 is 0 Å². The van der Waals surface area contributed by atoms with Gasteiger partial charge in [-0.1, -0.05) is 13.8 Å². The summed E-state index contributed by atoms with van der Waals surface area (Å²) in [6.45, 7) is 10.6. The second kappa shape index (κ2) is 12.0. The highest BCUT2D eigenvalue weighted by Gasteiger charge is 2.07. The van der Waals surface area contributed by atoms with Gasteiger partial charge < -0.3 is 15.0 Å². The number of aromatic nitrogens is 2. The van der Waals surface area contributed by atoms with Crippen LogP contribution in [0.3, 0.4) is 0 Å². The van der Waals surface area contributed by atoms with Gasteiger partial charge in [0.2, 0.25) is 5.91 Å². The van der Waals surface area contributed by atoms with Gasteiger partial charge in [0, 0.05) is 37.7 Å². The zero-order chi connectivity index (χ0) is 21.1. The molecule has 0 radical (unpaired) electrons. The van der Waals surface area contributed by atoms with E-state index in [0.717, 1.165) is 36.6 Å². The average Bonchev–Trinajstić information content (AvgIpc) is 2.73. The minimum Gasteiger partial charge on any atom is -0.494 e. The molecule has 0 atom stereocenters. The van der Waals surface area contributed by atoms with E-state index in [0.29, 0.717) is 32.5 Å². The number of likely N-dealkylation sites (N-methyl/N-ethyl adjacent to an activating group) is 1. The quantitative estimate of drug-likeness (QED) is 0.593. The second-order valence-corrected chi connectivity index (χ2v) is 6.72. The highest BCUT2D eigenvalue weighted by molar-refractivity contribution is 5.75. The van der Waals surface area contributed by atoms with Crippen molar-refractivity contribution in [2.45, 2.75) is 40.2 Å². The fourth-order valence-corrected chi connectivity index (χ4v) is 3.02. The number of ether oxygens (including phenoxy) is 1. The summed E-state index contributed by atoms with van der Waals surface area (Å²) < 4.78 is 6.88. The summed E-state index contributed by atoms with van der Waals surface area (Å²) in [6.07, 6.45) is 0.941. The minimum absolute atomic E-state index is 0.00729. The van der Waals surface area contributed by atoms with Gasteiger partial charge in [-0.05, 0) is 56.8 Å². The molecular formula is C22H32N4O3. The summed E-state index contributed by atoms with van der Waals surface area (Å²) in [4.78, 5) is 26.4. The Bertz CT molecular complexity index is 814. The van der Waals surface area contributed by atoms with E-state index in [2.05, 4.69) is 29.2 Å². The maximum atomic E-state index is 12.1.